The Morgan fingerprint density at radius 2 is 1.83 bits per heavy atom. The van der Waals surface area contributed by atoms with E-state index in [0.29, 0.717) is 39.3 Å². The summed E-state index contributed by atoms with van der Waals surface area (Å²) in [7, 11) is 0. The number of aliphatic hydroxyl groups excluding tert-OH is 1. The molecular weight excluding hydrogens is 797 g/mol. The summed E-state index contributed by atoms with van der Waals surface area (Å²) in [6.07, 6.45) is 4.58. The third kappa shape index (κ3) is 7.04. The lowest BCUT2D eigenvalue weighted by atomic mass is 9.61. The highest BCUT2D eigenvalue weighted by atomic mass is 32.1. The monoisotopic (exact) mass is 842 g/mol. The van der Waals surface area contributed by atoms with Crippen LogP contribution in [0.15, 0.2) is 95.1 Å². The first kappa shape index (κ1) is 38.9. The van der Waals surface area contributed by atoms with Crippen molar-refractivity contribution in [2.24, 2.45) is 5.41 Å². The van der Waals surface area contributed by atoms with Crippen LogP contribution in [0, 0.1) is 5.41 Å². The second kappa shape index (κ2) is 15.7. The number of pyridine rings is 1. The third-order valence-corrected chi connectivity index (χ3v) is 14.9. The van der Waals surface area contributed by atoms with Crippen molar-refractivity contribution in [2.75, 3.05) is 26.2 Å². The summed E-state index contributed by atoms with van der Waals surface area (Å²) < 4.78 is 8.12. The minimum Gasteiger partial charge on any atom is -0.506 e. The van der Waals surface area contributed by atoms with Crippen molar-refractivity contribution in [3.8, 4) is 16.2 Å². The maximum absolute atomic E-state index is 13.8. The van der Waals surface area contributed by atoms with Gasteiger partial charge in [-0.3, -0.25) is 4.79 Å². The van der Waals surface area contributed by atoms with E-state index < -0.39 is 17.7 Å². The van der Waals surface area contributed by atoms with E-state index in [4.69, 9.17) is 4.74 Å². The van der Waals surface area contributed by atoms with Gasteiger partial charge in [-0.1, -0.05) is 47.7 Å². The van der Waals surface area contributed by atoms with Crippen molar-refractivity contribution in [2.45, 2.75) is 69.4 Å². The first-order valence-electron chi connectivity index (χ1n) is 20.6. The zero-order valence-corrected chi connectivity index (χ0v) is 34.6. The Hall–Kier alpha value is -5.22. The number of esters is 1. The van der Waals surface area contributed by atoms with Crippen LogP contribution in [-0.2, 0) is 41.1 Å². The van der Waals surface area contributed by atoms with Crippen LogP contribution in [0.3, 0.4) is 0 Å². The van der Waals surface area contributed by atoms with E-state index in [1.165, 1.54) is 51.5 Å². The number of ether oxygens (including phenoxy) is 1. The molecule has 14 heteroatoms. The minimum atomic E-state index is -1.84. The Bertz CT molecular complexity index is 2750. The number of benzene rings is 3. The number of thiophene rings is 2. The van der Waals surface area contributed by atoms with Gasteiger partial charge in [0, 0.05) is 54.5 Å². The molecule has 60 heavy (non-hydrogen) atoms. The number of likely N-dealkylation sites (tertiary alicyclic amines) is 1. The van der Waals surface area contributed by atoms with Crippen LogP contribution in [0.2, 0.25) is 0 Å². The van der Waals surface area contributed by atoms with Crippen LogP contribution in [0.1, 0.15) is 63.8 Å². The molecule has 12 nitrogen and oxygen atoms in total. The summed E-state index contributed by atoms with van der Waals surface area (Å²) in [5.41, 5.74) is 5.85. The van der Waals surface area contributed by atoms with Crippen LogP contribution in [0.4, 0.5) is 0 Å². The Morgan fingerprint density at radius 3 is 2.65 bits per heavy atom. The molecule has 1 saturated carbocycles. The molecule has 2 fully saturated rings. The van der Waals surface area contributed by atoms with Gasteiger partial charge in [-0.15, -0.1) is 27.8 Å². The maximum Gasteiger partial charge on any atom is 0.349 e. The van der Waals surface area contributed by atoms with Crippen molar-refractivity contribution < 1.29 is 24.9 Å². The highest BCUT2D eigenvalue weighted by Gasteiger charge is 2.55. The van der Waals surface area contributed by atoms with E-state index in [9.17, 15) is 24.9 Å². The molecule has 2 atom stereocenters. The molecular formula is C46H46N6O6S2. The van der Waals surface area contributed by atoms with Crippen LogP contribution in [-0.4, -0.2) is 78.4 Å². The Morgan fingerprint density at radius 1 is 1.00 bits per heavy atom. The number of phenols is 1. The maximum atomic E-state index is 13.8. The molecule has 0 unspecified atom stereocenters. The van der Waals surface area contributed by atoms with Gasteiger partial charge in [-0.05, 0) is 115 Å². The number of nitrogens with zero attached hydrogens (tertiary/aromatic N) is 4. The smallest absolute Gasteiger partial charge is 0.349 e. The molecule has 1 saturated heterocycles. The van der Waals surface area contributed by atoms with Crippen molar-refractivity contribution >= 4 is 50.6 Å². The summed E-state index contributed by atoms with van der Waals surface area (Å²) in [5, 5.41) is 48.4. The number of fused-ring (bicyclic) bond motifs is 4. The van der Waals surface area contributed by atoms with Gasteiger partial charge in [-0.2, -0.15) is 0 Å². The van der Waals surface area contributed by atoms with Crippen LogP contribution in [0.5, 0.6) is 5.75 Å². The van der Waals surface area contributed by atoms with Crippen LogP contribution < -0.4 is 10.9 Å². The van der Waals surface area contributed by atoms with Crippen LogP contribution in [0.25, 0.3) is 32.4 Å². The van der Waals surface area contributed by atoms with Gasteiger partial charge in [0.05, 0.1) is 26.9 Å². The van der Waals surface area contributed by atoms with E-state index in [1.54, 1.807) is 18.2 Å². The number of hydrogen-bond acceptors (Lipinski definition) is 12. The molecule has 308 valence electrons. The molecule has 3 aliphatic rings. The molecule has 0 bridgehead atoms. The summed E-state index contributed by atoms with van der Waals surface area (Å²) in [6, 6.07) is 25.8. The van der Waals surface area contributed by atoms with Crippen molar-refractivity contribution in [3.05, 3.63) is 133 Å². The number of nitrogens with one attached hydrogen (secondary N) is 2. The number of H-pyrrole nitrogens is 1. The van der Waals surface area contributed by atoms with Crippen molar-refractivity contribution in [1.82, 2.24) is 30.2 Å². The molecule has 1 aliphatic heterocycles. The number of aromatic nitrogens is 4. The Balaban J connectivity index is 0.720. The molecule has 1 spiro atoms. The second-order valence-electron chi connectivity index (χ2n) is 16.7. The summed E-state index contributed by atoms with van der Waals surface area (Å²) in [5.74, 6) is -0.633. The zero-order chi connectivity index (χ0) is 41.0. The first-order valence-corrected chi connectivity index (χ1v) is 22.3. The molecule has 0 amide bonds. The number of carbonyl (C=O) groups is 1. The van der Waals surface area contributed by atoms with Gasteiger partial charge in [0.25, 0.3) is 0 Å². The van der Waals surface area contributed by atoms with Gasteiger partial charge >= 0.3 is 5.97 Å². The number of hydrogen-bond donors (Lipinski definition) is 5. The number of phenolic OH excluding ortho intramolecular Hbond substituents is 1. The normalized spacial score (nSPS) is 17.7. The van der Waals surface area contributed by atoms with Gasteiger partial charge in [0.2, 0.25) is 11.2 Å². The first-order chi connectivity index (χ1) is 29.2. The summed E-state index contributed by atoms with van der Waals surface area (Å²) in [6.45, 7) is 4.55. The second-order valence-corrected chi connectivity index (χ2v) is 18.7. The fraction of sp³-hybridized carbons (Fsp3) is 0.348. The predicted octanol–water partition coefficient (Wildman–Crippen LogP) is 6.41. The lowest BCUT2D eigenvalue weighted by Gasteiger charge is -2.58. The van der Waals surface area contributed by atoms with Crippen molar-refractivity contribution in [1.29, 1.82) is 0 Å². The number of rotatable bonds is 14. The van der Waals surface area contributed by atoms with Gasteiger partial charge in [0.15, 0.2) is 0 Å². The molecule has 0 radical (unpaired) electrons. The van der Waals surface area contributed by atoms with Crippen LogP contribution >= 0.6 is 22.7 Å². The summed E-state index contributed by atoms with van der Waals surface area (Å²) in [4.78, 5) is 32.9. The molecule has 5 heterocycles. The predicted molar refractivity (Wildman–Crippen MR) is 232 cm³/mol. The lowest BCUT2D eigenvalue weighted by Crippen LogP contribution is -2.64. The number of aromatic amines is 1. The average Bonchev–Trinajstić information content (AvgIpc) is 4.07. The van der Waals surface area contributed by atoms with Gasteiger partial charge in [0.1, 0.15) is 17.4 Å². The standard InChI is InChI=1S/C46H46N6O6S2/c53-36-14-12-32(33-13-17-41(55)48-42(33)36)37(54)25-47-24-29-21-35-43(34-10-4-9-31(29)34)52(50-49-35)19-6-18-51-26-45(27-51)22-30(23-45)58-44(56)46(57,39-11-5-20-59-39)40-16-15-38(60-40)28-7-2-1-3-8-28/h1-3,5,7-8,11-17,20-21,30,37,47,53-54,57H,4,6,9-10,18-19,22-27H2,(H,48,55)/t37-,46-/m0/s1. The number of aryl methyl sites for hydroxylation is 2. The van der Waals surface area contributed by atoms with E-state index in [0.717, 1.165) is 86.2 Å². The topological polar surface area (TPSA) is 166 Å². The molecule has 10 rings (SSSR count). The Labute approximate surface area is 354 Å². The lowest BCUT2D eigenvalue weighted by molar-refractivity contribution is -0.191. The number of aromatic hydroxyl groups is 1. The molecule has 3 aromatic carbocycles. The van der Waals surface area contributed by atoms with E-state index in [2.05, 4.69) is 36.3 Å². The minimum absolute atomic E-state index is 0.0318. The fourth-order valence-corrected chi connectivity index (χ4v) is 11.7. The average molecular weight is 843 g/mol. The third-order valence-electron chi connectivity index (χ3n) is 12.6. The molecule has 4 aromatic heterocycles. The fourth-order valence-electron chi connectivity index (χ4n) is 9.75. The van der Waals surface area contributed by atoms with Crippen molar-refractivity contribution in [3.63, 3.8) is 0 Å². The molecule has 5 N–H and O–H groups in total. The quantitative estimate of drug-likeness (QED) is 0.0773. The van der Waals surface area contributed by atoms with E-state index in [-0.39, 0.29) is 22.8 Å². The molecule has 2 aliphatic carbocycles. The number of aliphatic hydroxyl groups is 2. The van der Waals surface area contributed by atoms with Gasteiger partial charge in [-0.25, -0.2) is 9.48 Å². The zero-order valence-electron chi connectivity index (χ0n) is 33.0. The van der Waals surface area contributed by atoms with E-state index >= 15 is 0 Å². The summed E-state index contributed by atoms with van der Waals surface area (Å²) >= 11 is 2.78. The van der Waals surface area contributed by atoms with Gasteiger partial charge < -0.3 is 35.3 Å². The number of carbonyl (C=O) groups excluding carboxylic acids is 1. The Kier molecular flexibility index (Phi) is 10.2. The van der Waals surface area contributed by atoms with E-state index in [1.807, 2.05) is 53.9 Å². The highest BCUT2D eigenvalue weighted by molar-refractivity contribution is 7.16. The largest absolute Gasteiger partial charge is 0.506 e. The highest BCUT2D eigenvalue weighted by Crippen LogP contribution is 2.51. The SMILES string of the molecule is O=C(OC1CC2(C1)CN(CCCn1nnc3cc(CNC[C@H](O)c4ccc(O)c5[nH]c(=O)ccc45)c4c(c31)CCC4)C2)[C@](O)(c1cccs1)c1ccc(-c2ccccc2)s1. The molecule has 7 aromatic rings.